The molecule has 2 aromatic heterocycles. The predicted molar refractivity (Wildman–Crippen MR) is 138 cm³/mol. The van der Waals surface area contributed by atoms with Gasteiger partial charge >= 0.3 is 0 Å². The van der Waals surface area contributed by atoms with E-state index in [2.05, 4.69) is 41.8 Å². The number of imidazole rings is 1. The number of rotatable bonds is 7. The highest BCUT2D eigenvalue weighted by Crippen LogP contribution is 2.44. The molecule has 190 valence electrons. The number of fused-ring (bicyclic) bond motifs is 1. The van der Waals surface area contributed by atoms with Crippen LogP contribution in [-0.4, -0.2) is 69.8 Å². The molecule has 3 fully saturated rings. The van der Waals surface area contributed by atoms with E-state index in [1.165, 1.54) is 11.9 Å². The van der Waals surface area contributed by atoms with Crippen molar-refractivity contribution in [3.05, 3.63) is 23.7 Å². The highest BCUT2D eigenvalue weighted by atomic mass is 32.2. The largest absolute Gasteiger partial charge is 0.377 e. The van der Waals surface area contributed by atoms with Crippen LogP contribution in [0.1, 0.15) is 50.9 Å². The van der Waals surface area contributed by atoms with E-state index >= 15 is 0 Å². The fourth-order valence-corrected chi connectivity index (χ4v) is 6.07. The van der Waals surface area contributed by atoms with Gasteiger partial charge in [0.15, 0.2) is 5.65 Å². The summed E-state index contributed by atoms with van der Waals surface area (Å²) in [5.74, 6) is 0.223. The minimum atomic E-state index is -2.90. The summed E-state index contributed by atoms with van der Waals surface area (Å²) in [5, 5.41) is 19.0. The van der Waals surface area contributed by atoms with E-state index in [1.807, 2.05) is 10.6 Å². The molecule has 0 aromatic carbocycles. The van der Waals surface area contributed by atoms with E-state index in [-0.39, 0.29) is 16.5 Å². The minimum Gasteiger partial charge on any atom is -0.377 e. The van der Waals surface area contributed by atoms with Crippen LogP contribution in [0.15, 0.2) is 17.2 Å². The number of piperazine rings is 1. The molecular formula is C23H31F2N7OS2. The molecule has 0 spiro atoms. The van der Waals surface area contributed by atoms with Gasteiger partial charge in [-0.2, -0.15) is 0 Å². The first-order chi connectivity index (χ1) is 16.6. The predicted octanol–water partition coefficient (Wildman–Crippen LogP) is 4.08. The maximum absolute atomic E-state index is 13.1. The molecule has 2 aromatic rings. The van der Waals surface area contributed by atoms with Gasteiger partial charge in [0.25, 0.3) is 6.43 Å². The first kappa shape index (κ1) is 24.9. The third-order valence-electron chi connectivity index (χ3n) is 6.45. The van der Waals surface area contributed by atoms with Gasteiger partial charge in [-0.3, -0.25) is 15.2 Å². The van der Waals surface area contributed by atoms with E-state index in [0.717, 1.165) is 47.9 Å². The summed E-state index contributed by atoms with van der Waals surface area (Å²) in [4.78, 5) is 8.26. The third kappa shape index (κ3) is 5.22. The Balaban J connectivity index is 1.59. The van der Waals surface area contributed by atoms with Crippen LogP contribution >= 0.6 is 23.7 Å². The smallest absolute Gasteiger partial charge is 0.285 e. The number of ether oxygens (including phenoxy) is 1. The Hall–Kier alpha value is -1.73. The topological polar surface area (TPSA) is 102 Å². The molecule has 0 amide bonds. The van der Waals surface area contributed by atoms with Gasteiger partial charge in [-0.15, -0.1) is 0 Å². The summed E-state index contributed by atoms with van der Waals surface area (Å²) in [7, 11) is 0. The zero-order valence-corrected chi connectivity index (χ0v) is 21.7. The van der Waals surface area contributed by atoms with Crippen molar-refractivity contribution in [1.82, 2.24) is 19.4 Å². The van der Waals surface area contributed by atoms with Crippen molar-refractivity contribution in [3.63, 3.8) is 0 Å². The molecule has 0 unspecified atom stereocenters. The zero-order chi connectivity index (χ0) is 24.9. The summed E-state index contributed by atoms with van der Waals surface area (Å²) in [5.41, 5.74) is 2.90. The van der Waals surface area contributed by atoms with Crippen LogP contribution in [0.25, 0.3) is 5.65 Å². The van der Waals surface area contributed by atoms with Gasteiger partial charge < -0.3 is 15.0 Å². The molecule has 35 heavy (non-hydrogen) atoms. The molecule has 1 aliphatic carbocycles. The second-order valence-electron chi connectivity index (χ2n) is 10.1. The van der Waals surface area contributed by atoms with Crippen molar-refractivity contribution in [1.29, 1.82) is 10.8 Å². The molecule has 4 heterocycles. The van der Waals surface area contributed by atoms with Crippen LogP contribution in [0.2, 0.25) is 0 Å². The average molecular weight is 524 g/mol. The van der Waals surface area contributed by atoms with Gasteiger partial charge in [0, 0.05) is 42.2 Å². The maximum atomic E-state index is 13.1. The van der Waals surface area contributed by atoms with Gasteiger partial charge in [-0.25, -0.2) is 18.5 Å². The van der Waals surface area contributed by atoms with Gasteiger partial charge in [-0.05, 0) is 63.4 Å². The van der Waals surface area contributed by atoms with Crippen molar-refractivity contribution in [2.45, 2.75) is 68.5 Å². The molecule has 1 saturated carbocycles. The van der Waals surface area contributed by atoms with Crippen LogP contribution in [0.5, 0.6) is 0 Å². The number of pyridine rings is 1. The van der Waals surface area contributed by atoms with Crippen LogP contribution in [0.4, 0.5) is 14.5 Å². The fraction of sp³-hybridized carbons (Fsp3) is 0.609. The molecule has 12 heteroatoms. The standard InChI is InChI=1S/C23H31F2N7OS2/c1-12-7-31(8-13(2)28-12)16-6-15(35-30-23(3)10-33-11-23)9-32-18(20(26)34-21(27)19(24)25)17(14-4-5-14)29-22(16)32/h6,9,12-14,19,26-28,30H,4-5,7-8,10-11H2,1-3H3/t12-,13-/m0/s1. The van der Waals surface area contributed by atoms with E-state index in [4.69, 9.17) is 20.5 Å². The molecule has 2 atom stereocenters. The Morgan fingerprint density at radius 2 is 1.94 bits per heavy atom. The number of alkyl halides is 2. The summed E-state index contributed by atoms with van der Waals surface area (Å²) < 4.78 is 37.0. The molecule has 3 aliphatic rings. The molecule has 2 saturated heterocycles. The lowest BCUT2D eigenvalue weighted by Crippen LogP contribution is -2.55. The molecule has 4 N–H and O–H groups in total. The van der Waals surface area contributed by atoms with Crippen LogP contribution in [0, 0.1) is 10.8 Å². The highest BCUT2D eigenvalue weighted by molar-refractivity contribution is 8.26. The summed E-state index contributed by atoms with van der Waals surface area (Å²) in [6, 6.07) is 2.74. The Labute approximate surface area is 212 Å². The Morgan fingerprint density at radius 1 is 1.26 bits per heavy atom. The summed E-state index contributed by atoms with van der Waals surface area (Å²) >= 11 is 2.02. The molecule has 8 nitrogen and oxygen atoms in total. The van der Waals surface area contributed by atoms with E-state index in [0.29, 0.717) is 42.8 Å². The van der Waals surface area contributed by atoms with Gasteiger partial charge in [0.05, 0.1) is 30.1 Å². The quantitative estimate of drug-likeness (QED) is 0.246. The summed E-state index contributed by atoms with van der Waals surface area (Å²) in [6.07, 6.45) is 0.979. The minimum absolute atomic E-state index is 0.0628. The van der Waals surface area contributed by atoms with Crippen LogP contribution < -0.4 is 14.9 Å². The SMILES string of the molecule is C[C@H]1CN(c2cc(SNC3(C)COC3)cn3c(C(=N)SC(=N)C(F)F)c(C4CC4)nc23)C[C@H](C)N1. The number of nitrogens with one attached hydrogen (secondary N) is 4. The van der Waals surface area contributed by atoms with Crippen molar-refractivity contribution in [3.8, 4) is 0 Å². The van der Waals surface area contributed by atoms with E-state index < -0.39 is 11.5 Å². The highest BCUT2D eigenvalue weighted by Gasteiger charge is 2.35. The number of anilines is 1. The molecule has 0 radical (unpaired) electrons. The molecule has 0 bridgehead atoms. The van der Waals surface area contributed by atoms with Crippen LogP contribution in [0.3, 0.4) is 0 Å². The maximum Gasteiger partial charge on any atom is 0.285 e. The normalized spacial score (nSPS) is 24.1. The number of hydrogen-bond acceptors (Lipinski definition) is 9. The van der Waals surface area contributed by atoms with E-state index in [9.17, 15) is 8.78 Å². The lowest BCUT2D eigenvalue weighted by atomic mass is 10.0. The van der Waals surface area contributed by atoms with Gasteiger partial charge in [0.1, 0.15) is 15.8 Å². The fourth-order valence-electron chi connectivity index (χ4n) is 4.65. The second kappa shape index (κ2) is 9.62. The number of aromatic nitrogens is 2. The number of halogens is 2. The van der Waals surface area contributed by atoms with Crippen LogP contribution in [-0.2, 0) is 4.74 Å². The number of nitrogens with zero attached hydrogens (tertiary/aromatic N) is 3. The second-order valence-corrected chi connectivity index (χ2v) is 12.0. The molecule has 5 rings (SSSR count). The zero-order valence-electron chi connectivity index (χ0n) is 20.0. The van der Waals surface area contributed by atoms with Crippen molar-refractivity contribution in [2.24, 2.45) is 0 Å². The Kier molecular flexibility index (Phi) is 6.86. The van der Waals surface area contributed by atoms with Gasteiger partial charge in [-0.1, -0.05) is 0 Å². The first-order valence-electron chi connectivity index (χ1n) is 11.9. The number of hydrogen-bond donors (Lipinski definition) is 4. The molecular weight excluding hydrogens is 492 g/mol. The monoisotopic (exact) mass is 523 g/mol. The van der Waals surface area contributed by atoms with Crippen molar-refractivity contribution < 1.29 is 13.5 Å². The van der Waals surface area contributed by atoms with Gasteiger partial charge in [0.2, 0.25) is 0 Å². The average Bonchev–Trinajstić information content (AvgIpc) is 3.55. The lowest BCUT2D eigenvalue weighted by molar-refractivity contribution is -0.0510. The lowest BCUT2D eigenvalue weighted by Gasteiger charge is -2.39. The van der Waals surface area contributed by atoms with Crippen molar-refractivity contribution >= 4 is 45.1 Å². The Morgan fingerprint density at radius 3 is 2.51 bits per heavy atom. The van der Waals surface area contributed by atoms with Crippen molar-refractivity contribution in [2.75, 3.05) is 31.2 Å². The third-order valence-corrected chi connectivity index (χ3v) is 8.30. The van der Waals surface area contributed by atoms with E-state index in [1.54, 1.807) is 0 Å². The molecule has 2 aliphatic heterocycles. The first-order valence-corrected chi connectivity index (χ1v) is 13.5. The Bertz CT molecular complexity index is 1140. The number of thioether (sulfide) groups is 1. The summed E-state index contributed by atoms with van der Waals surface area (Å²) in [6.45, 7) is 9.34.